The molecular weight excluding hydrogens is 248 g/mol. The summed E-state index contributed by atoms with van der Waals surface area (Å²) in [6.45, 7) is 3.07. The zero-order chi connectivity index (χ0) is 13.8. The number of aromatic nitrogens is 2. The van der Waals surface area contributed by atoms with E-state index in [1.54, 1.807) is 6.33 Å². The summed E-state index contributed by atoms with van der Waals surface area (Å²) in [6, 6.07) is 11.2. The number of aromatic amines is 1. The summed E-state index contributed by atoms with van der Waals surface area (Å²) in [6.07, 6.45) is 3.93. The van der Waals surface area contributed by atoms with E-state index in [2.05, 4.69) is 57.6 Å². The second-order valence-electron chi connectivity index (χ2n) is 5.61. The molecule has 1 atom stereocenters. The van der Waals surface area contributed by atoms with E-state index in [4.69, 9.17) is 0 Å². The molecule has 0 saturated heterocycles. The minimum absolute atomic E-state index is 0.506. The normalized spacial score (nSPS) is 18.2. The van der Waals surface area contributed by atoms with Gasteiger partial charge in [0.25, 0.3) is 0 Å². The highest BCUT2D eigenvalue weighted by atomic mass is 15.1. The van der Waals surface area contributed by atoms with E-state index in [0.717, 1.165) is 32.5 Å². The van der Waals surface area contributed by atoms with Crippen LogP contribution < -0.4 is 5.32 Å². The van der Waals surface area contributed by atoms with E-state index in [9.17, 15) is 0 Å². The van der Waals surface area contributed by atoms with Gasteiger partial charge < -0.3 is 15.2 Å². The number of benzene rings is 1. The molecule has 4 heteroatoms. The van der Waals surface area contributed by atoms with Gasteiger partial charge in [0, 0.05) is 32.1 Å². The van der Waals surface area contributed by atoms with Crippen molar-refractivity contribution in [3.05, 3.63) is 53.6 Å². The molecule has 0 amide bonds. The summed E-state index contributed by atoms with van der Waals surface area (Å²) in [5.41, 5.74) is 3.88. The van der Waals surface area contributed by atoms with Crippen LogP contribution in [0.1, 0.15) is 17.0 Å². The molecule has 2 aromatic rings. The molecule has 1 aliphatic rings. The fourth-order valence-corrected chi connectivity index (χ4v) is 2.79. The molecule has 1 aromatic carbocycles. The molecule has 2 N–H and O–H groups in total. The molecule has 3 rings (SSSR count). The summed E-state index contributed by atoms with van der Waals surface area (Å²) >= 11 is 0. The van der Waals surface area contributed by atoms with Crippen molar-refractivity contribution in [3.63, 3.8) is 0 Å². The molecule has 1 aliphatic heterocycles. The third kappa shape index (κ3) is 3.26. The Morgan fingerprint density at radius 1 is 1.30 bits per heavy atom. The number of nitrogens with one attached hydrogen (secondary N) is 2. The molecule has 0 radical (unpaired) electrons. The minimum atomic E-state index is 0.506. The Hall–Kier alpha value is -1.65. The van der Waals surface area contributed by atoms with E-state index in [0.29, 0.717) is 6.04 Å². The summed E-state index contributed by atoms with van der Waals surface area (Å²) in [4.78, 5) is 9.99. The van der Waals surface area contributed by atoms with Gasteiger partial charge >= 0.3 is 0 Å². The molecule has 20 heavy (non-hydrogen) atoms. The minimum Gasteiger partial charge on any atom is -0.347 e. The maximum Gasteiger partial charge on any atom is 0.0925 e. The molecule has 2 heterocycles. The first-order valence-electron chi connectivity index (χ1n) is 7.28. The van der Waals surface area contributed by atoms with Crippen LogP contribution in [0, 0.1) is 0 Å². The van der Waals surface area contributed by atoms with E-state index in [1.165, 1.54) is 17.0 Å². The molecular formula is C16H22N4. The zero-order valence-electron chi connectivity index (χ0n) is 12.0. The van der Waals surface area contributed by atoms with Gasteiger partial charge in [0.2, 0.25) is 0 Å². The molecule has 0 bridgehead atoms. The number of nitrogens with zero attached hydrogens (tertiary/aromatic N) is 2. The van der Waals surface area contributed by atoms with Gasteiger partial charge in [0.1, 0.15) is 0 Å². The fourth-order valence-electron chi connectivity index (χ4n) is 2.79. The Bertz CT molecular complexity index is 534. The standard InChI is InChI=1S/C16H22N4/c1-20(8-7-13-5-3-2-4-6-13)11-14-9-15-16(10-17-14)19-12-18-15/h2-6,12,14,17H,7-11H2,1H3,(H,18,19). The number of hydrogen-bond acceptors (Lipinski definition) is 3. The van der Waals surface area contributed by atoms with Crippen LogP contribution >= 0.6 is 0 Å². The lowest BCUT2D eigenvalue weighted by Gasteiger charge is -2.27. The van der Waals surface area contributed by atoms with Crippen molar-refractivity contribution in [1.82, 2.24) is 20.2 Å². The van der Waals surface area contributed by atoms with Gasteiger partial charge in [0.05, 0.1) is 17.7 Å². The van der Waals surface area contributed by atoms with Crippen molar-refractivity contribution in [2.75, 3.05) is 20.1 Å². The number of hydrogen-bond donors (Lipinski definition) is 2. The van der Waals surface area contributed by atoms with Crippen LogP contribution in [-0.2, 0) is 19.4 Å². The second-order valence-corrected chi connectivity index (χ2v) is 5.61. The van der Waals surface area contributed by atoms with E-state index in [-0.39, 0.29) is 0 Å². The van der Waals surface area contributed by atoms with Gasteiger partial charge in [-0.2, -0.15) is 0 Å². The van der Waals surface area contributed by atoms with Gasteiger partial charge in [0.15, 0.2) is 0 Å². The number of rotatable bonds is 5. The summed E-state index contributed by atoms with van der Waals surface area (Å²) < 4.78 is 0. The highest BCUT2D eigenvalue weighted by Crippen LogP contribution is 2.12. The molecule has 0 fully saturated rings. The average Bonchev–Trinajstić information content (AvgIpc) is 2.94. The first kappa shape index (κ1) is 13.3. The molecule has 0 aliphatic carbocycles. The van der Waals surface area contributed by atoms with Crippen LogP contribution in [0.4, 0.5) is 0 Å². The van der Waals surface area contributed by atoms with Crippen LogP contribution in [0.25, 0.3) is 0 Å². The van der Waals surface area contributed by atoms with Crippen LogP contribution in [0.2, 0.25) is 0 Å². The predicted octanol–water partition coefficient (Wildman–Crippen LogP) is 1.60. The van der Waals surface area contributed by atoms with Gasteiger partial charge in [-0.15, -0.1) is 0 Å². The van der Waals surface area contributed by atoms with Gasteiger partial charge in [-0.1, -0.05) is 30.3 Å². The highest BCUT2D eigenvalue weighted by molar-refractivity contribution is 5.16. The maximum atomic E-state index is 4.39. The quantitative estimate of drug-likeness (QED) is 0.867. The molecule has 4 nitrogen and oxygen atoms in total. The van der Waals surface area contributed by atoms with Crippen LogP contribution in [0.15, 0.2) is 36.7 Å². The first-order valence-corrected chi connectivity index (χ1v) is 7.28. The number of fused-ring (bicyclic) bond motifs is 1. The predicted molar refractivity (Wildman–Crippen MR) is 80.6 cm³/mol. The number of H-pyrrole nitrogens is 1. The van der Waals surface area contributed by atoms with Crippen LogP contribution in [0.5, 0.6) is 0 Å². The lowest BCUT2D eigenvalue weighted by Crippen LogP contribution is -2.44. The monoisotopic (exact) mass is 270 g/mol. The topological polar surface area (TPSA) is 44.0 Å². The Morgan fingerprint density at radius 3 is 3.00 bits per heavy atom. The van der Waals surface area contributed by atoms with E-state index < -0.39 is 0 Å². The summed E-state index contributed by atoms with van der Waals surface area (Å²) in [5.74, 6) is 0. The largest absolute Gasteiger partial charge is 0.347 e. The summed E-state index contributed by atoms with van der Waals surface area (Å²) in [7, 11) is 2.20. The highest BCUT2D eigenvalue weighted by Gasteiger charge is 2.20. The SMILES string of the molecule is CN(CCc1ccccc1)CC1Cc2nc[nH]c2CN1. The average molecular weight is 270 g/mol. The van der Waals surface area contributed by atoms with Crippen molar-refractivity contribution in [2.24, 2.45) is 0 Å². The summed E-state index contributed by atoms with van der Waals surface area (Å²) in [5, 5.41) is 3.58. The smallest absolute Gasteiger partial charge is 0.0925 e. The number of imidazole rings is 1. The third-order valence-corrected chi connectivity index (χ3v) is 3.97. The van der Waals surface area contributed by atoms with Gasteiger partial charge in [-0.25, -0.2) is 4.98 Å². The van der Waals surface area contributed by atoms with Crippen molar-refractivity contribution in [2.45, 2.75) is 25.4 Å². The molecule has 0 spiro atoms. The Labute approximate surface area is 120 Å². The molecule has 106 valence electrons. The molecule has 1 aromatic heterocycles. The second kappa shape index (κ2) is 6.20. The van der Waals surface area contributed by atoms with Crippen LogP contribution in [-0.4, -0.2) is 41.0 Å². The fraction of sp³-hybridized carbons (Fsp3) is 0.438. The van der Waals surface area contributed by atoms with E-state index >= 15 is 0 Å². The van der Waals surface area contributed by atoms with Gasteiger partial charge in [-0.3, -0.25) is 0 Å². The van der Waals surface area contributed by atoms with Crippen molar-refractivity contribution < 1.29 is 0 Å². The molecule has 1 unspecified atom stereocenters. The maximum absolute atomic E-state index is 4.39. The lowest BCUT2D eigenvalue weighted by atomic mass is 10.0. The third-order valence-electron chi connectivity index (χ3n) is 3.97. The molecule has 0 saturated carbocycles. The van der Waals surface area contributed by atoms with Gasteiger partial charge in [-0.05, 0) is 19.0 Å². The Kier molecular flexibility index (Phi) is 4.14. The Morgan fingerprint density at radius 2 is 2.15 bits per heavy atom. The Balaban J connectivity index is 1.46. The van der Waals surface area contributed by atoms with E-state index in [1.807, 2.05) is 0 Å². The lowest BCUT2D eigenvalue weighted by molar-refractivity contribution is 0.281. The van der Waals surface area contributed by atoms with Crippen molar-refractivity contribution in [3.8, 4) is 0 Å². The zero-order valence-corrected chi connectivity index (χ0v) is 12.0. The number of likely N-dealkylation sites (N-methyl/N-ethyl adjacent to an activating group) is 1. The van der Waals surface area contributed by atoms with Crippen molar-refractivity contribution in [1.29, 1.82) is 0 Å². The van der Waals surface area contributed by atoms with Crippen molar-refractivity contribution >= 4 is 0 Å². The first-order chi connectivity index (χ1) is 9.81. The van der Waals surface area contributed by atoms with Crippen LogP contribution in [0.3, 0.4) is 0 Å².